The topological polar surface area (TPSA) is 57.8 Å². The van der Waals surface area contributed by atoms with Gasteiger partial charge in [-0.05, 0) is 49.7 Å². The molecule has 2 saturated carbocycles. The van der Waals surface area contributed by atoms with E-state index >= 15 is 0 Å². The molecule has 2 fully saturated rings. The Morgan fingerprint density at radius 1 is 1.26 bits per heavy atom. The van der Waals surface area contributed by atoms with Crippen LogP contribution in [-0.4, -0.2) is 22.1 Å². The van der Waals surface area contributed by atoms with Gasteiger partial charge in [-0.1, -0.05) is 6.07 Å². The SMILES string of the molecule is O=C(NC(C1CC1)C1CC1)c1ccc2cn[nH]c2c1. The van der Waals surface area contributed by atoms with Gasteiger partial charge in [0.15, 0.2) is 0 Å². The third kappa shape index (κ3) is 2.11. The average molecular weight is 255 g/mol. The van der Waals surface area contributed by atoms with Crippen molar-refractivity contribution in [3.05, 3.63) is 30.0 Å². The summed E-state index contributed by atoms with van der Waals surface area (Å²) in [5.41, 5.74) is 1.64. The summed E-state index contributed by atoms with van der Waals surface area (Å²) in [6.45, 7) is 0. The Hall–Kier alpha value is -1.84. The minimum absolute atomic E-state index is 0.0558. The zero-order valence-electron chi connectivity index (χ0n) is 10.7. The molecule has 2 aliphatic rings. The minimum Gasteiger partial charge on any atom is -0.349 e. The van der Waals surface area contributed by atoms with Gasteiger partial charge < -0.3 is 5.32 Å². The molecule has 0 aliphatic heterocycles. The fourth-order valence-corrected chi connectivity index (χ4v) is 2.84. The number of nitrogens with one attached hydrogen (secondary N) is 2. The van der Waals surface area contributed by atoms with E-state index in [-0.39, 0.29) is 5.91 Å². The zero-order chi connectivity index (χ0) is 12.8. The Balaban J connectivity index is 1.55. The van der Waals surface area contributed by atoms with Gasteiger partial charge in [0.1, 0.15) is 0 Å². The molecule has 1 heterocycles. The molecule has 4 heteroatoms. The van der Waals surface area contributed by atoms with E-state index in [0.717, 1.165) is 28.3 Å². The molecule has 0 saturated heterocycles. The Bertz CT molecular complexity index is 613. The number of benzene rings is 1. The number of aromatic amines is 1. The zero-order valence-corrected chi connectivity index (χ0v) is 10.7. The van der Waals surface area contributed by atoms with Crippen LogP contribution in [0.5, 0.6) is 0 Å². The van der Waals surface area contributed by atoms with E-state index < -0.39 is 0 Å². The maximum Gasteiger partial charge on any atom is 0.251 e. The lowest BCUT2D eigenvalue weighted by Gasteiger charge is -2.17. The first kappa shape index (κ1) is 11.0. The average Bonchev–Trinajstić information content (AvgIpc) is 3.33. The van der Waals surface area contributed by atoms with Crippen molar-refractivity contribution in [1.82, 2.24) is 15.5 Å². The van der Waals surface area contributed by atoms with Gasteiger partial charge in [0, 0.05) is 17.0 Å². The highest BCUT2D eigenvalue weighted by atomic mass is 16.1. The predicted octanol–water partition coefficient (Wildman–Crippen LogP) is 2.48. The molecule has 1 aromatic heterocycles. The number of amides is 1. The van der Waals surface area contributed by atoms with Gasteiger partial charge in [0.2, 0.25) is 0 Å². The van der Waals surface area contributed by atoms with Gasteiger partial charge in [-0.15, -0.1) is 0 Å². The van der Waals surface area contributed by atoms with E-state index in [1.807, 2.05) is 18.2 Å². The second kappa shape index (κ2) is 4.08. The molecule has 19 heavy (non-hydrogen) atoms. The van der Waals surface area contributed by atoms with Crippen LogP contribution in [0.1, 0.15) is 36.0 Å². The van der Waals surface area contributed by atoms with Crippen LogP contribution in [0.15, 0.2) is 24.4 Å². The second-order valence-corrected chi connectivity index (χ2v) is 5.85. The normalized spacial score (nSPS) is 19.0. The summed E-state index contributed by atoms with van der Waals surface area (Å²) in [6.07, 6.45) is 6.89. The summed E-state index contributed by atoms with van der Waals surface area (Å²) < 4.78 is 0. The predicted molar refractivity (Wildman–Crippen MR) is 72.8 cm³/mol. The summed E-state index contributed by atoms with van der Waals surface area (Å²) in [5.74, 6) is 1.51. The molecular weight excluding hydrogens is 238 g/mol. The molecule has 1 amide bonds. The van der Waals surface area contributed by atoms with Crippen molar-refractivity contribution in [2.24, 2.45) is 11.8 Å². The number of hydrogen-bond donors (Lipinski definition) is 2. The minimum atomic E-state index is 0.0558. The Labute approximate surface area is 111 Å². The number of rotatable bonds is 4. The first-order chi connectivity index (χ1) is 9.31. The summed E-state index contributed by atoms with van der Waals surface area (Å²) in [7, 11) is 0. The Morgan fingerprint density at radius 3 is 2.68 bits per heavy atom. The molecule has 4 rings (SSSR count). The van der Waals surface area contributed by atoms with Crippen LogP contribution in [-0.2, 0) is 0 Å². The fraction of sp³-hybridized carbons (Fsp3) is 0.467. The van der Waals surface area contributed by atoms with Crippen molar-refractivity contribution < 1.29 is 4.79 Å². The second-order valence-electron chi connectivity index (χ2n) is 5.85. The molecule has 0 spiro atoms. The van der Waals surface area contributed by atoms with Gasteiger partial charge in [0.25, 0.3) is 5.91 Å². The standard InChI is InChI=1S/C15H17N3O/c19-15(17-14(9-1-2-9)10-3-4-10)11-5-6-12-8-16-18-13(12)7-11/h5-10,14H,1-4H2,(H,16,18)(H,17,19). The van der Waals surface area contributed by atoms with E-state index in [4.69, 9.17) is 0 Å². The maximum absolute atomic E-state index is 12.3. The van der Waals surface area contributed by atoms with Gasteiger partial charge in [-0.2, -0.15) is 5.10 Å². The molecular formula is C15H17N3O. The molecule has 4 nitrogen and oxygen atoms in total. The van der Waals surface area contributed by atoms with Crippen molar-refractivity contribution in [2.75, 3.05) is 0 Å². The third-order valence-electron chi connectivity index (χ3n) is 4.26. The van der Waals surface area contributed by atoms with E-state index in [2.05, 4.69) is 15.5 Å². The van der Waals surface area contributed by atoms with Crippen LogP contribution >= 0.6 is 0 Å². The largest absolute Gasteiger partial charge is 0.349 e. The third-order valence-corrected chi connectivity index (χ3v) is 4.26. The van der Waals surface area contributed by atoms with Crippen LogP contribution in [0, 0.1) is 11.8 Å². The maximum atomic E-state index is 12.3. The van der Waals surface area contributed by atoms with E-state index in [1.165, 1.54) is 25.7 Å². The van der Waals surface area contributed by atoms with Crippen molar-refractivity contribution in [3.8, 4) is 0 Å². The van der Waals surface area contributed by atoms with Crippen LogP contribution in [0.3, 0.4) is 0 Å². The molecule has 0 unspecified atom stereocenters. The van der Waals surface area contributed by atoms with E-state index in [1.54, 1.807) is 6.20 Å². The molecule has 0 atom stereocenters. The summed E-state index contributed by atoms with van der Waals surface area (Å²) >= 11 is 0. The number of fused-ring (bicyclic) bond motifs is 1. The monoisotopic (exact) mass is 255 g/mol. The summed E-state index contributed by atoms with van der Waals surface area (Å²) in [4.78, 5) is 12.3. The quantitative estimate of drug-likeness (QED) is 0.881. The van der Waals surface area contributed by atoms with Gasteiger partial charge in [-0.25, -0.2) is 0 Å². The number of hydrogen-bond acceptors (Lipinski definition) is 2. The number of carbonyl (C=O) groups excluding carboxylic acids is 1. The van der Waals surface area contributed by atoms with E-state index in [9.17, 15) is 4.79 Å². The smallest absolute Gasteiger partial charge is 0.251 e. The molecule has 2 aromatic rings. The molecule has 1 aromatic carbocycles. The first-order valence-electron chi connectivity index (χ1n) is 7.05. The van der Waals surface area contributed by atoms with Crippen LogP contribution in [0.2, 0.25) is 0 Å². The lowest BCUT2D eigenvalue weighted by molar-refractivity contribution is 0.0926. The lowest BCUT2D eigenvalue weighted by Crippen LogP contribution is -2.38. The van der Waals surface area contributed by atoms with Gasteiger partial charge >= 0.3 is 0 Å². The lowest BCUT2D eigenvalue weighted by atomic mass is 10.1. The molecule has 0 radical (unpaired) electrons. The number of nitrogens with zero attached hydrogens (tertiary/aromatic N) is 1. The Morgan fingerprint density at radius 2 is 2.00 bits per heavy atom. The highest BCUT2D eigenvalue weighted by Crippen LogP contribution is 2.44. The summed E-state index contributed by atoms with van der Waals surface area (Å²) in [6, 6.07) is 6.11. The number of aromatic nitrogens is 2. The molecule has 0 bridgehead atoms. The van der Waals surface area contributed by atoms with Crippen molar-refractivity contribution in [2.45, 2.75) is 31.7 Å². The highest BCUT2D eigenvalue weighted by molar-refractivity contribution is 5.97. The van der Waals surface area contributed by atoms with E-state index in [0.29, 0.717) is 6.04 Å². The molecule has 2 aliphatic carbocycles. The molecule has 2 N–H and O–H groups in total. The van der Waals surface area contributed by atoms with Crippen molar-refractivity contribution in [1.29, 1.82) is 0 Å². The van der Waals surface area contributed by atoms with Crippen LogP contribution in [0.25, 0.3) is 10.9 Å². The van der Waals surface area contributed by atoms with Gasteiger partial charge in [-0.3, -0.25) is 9.89 Å². The van der Waals surface area contributed by atoms with Crippen molar-refractivity contribution in [3.63, 3.8) is 0 Å². The Kier molecular flexibility index (Phi) is 2.37. The first-order valence-corrected chi connectivity index (χ1v) is 7.05. The number of H-pyrrole nitrogens is 1. The fourth-order valence-electron chi connectivity index (χ4n) is 2.84. The van der Waals surface area contributed by atoms with Crippen LogP contribution in [0.4, 0.5) is 0 Å². The van der Waals surface area contributed by atoms with Crippen LogP contribution < -0.4 is 5.32 Å². The number of carbonyl (C=O) groups is 1. The highest BCUT2D eigenvalue weighted by Gasteiger charge is 2.42. The molecule has 98 valence electrons. The summed E-state index contributed by atoms with van der Waals surface area (Å²) in [5, 5.41) is 11.2. The van der Waals surface area contributed by atoms with Crippen molar-refractivity contribution >= 4 is 16.8 Å². The van der Waals surface area contributed by atoms with Gasteiger partial charge in [0.05, 0.1) is 11.7 Å².